The van der Waals surface area contributed by atoms with E-state index in [1.807, 2.05) is 0 Å². The van der Waals surface area contributed by atoms with Crippen molar-refractivity contribution in [3.05, 3.63) is 12.2 Å². The van der Waals surface area contributed by atoms with E-state index in [2.05, 4.69) is 32.9 Å². The Hall–Kier alpha value is -0.260. The summed E-state index contributed by atoms with van der Waals surface area (Å²) in [5, 5.41) is 0. The third-order valence-electron chi connectivity index (χ3n) is 7.04. The molecule has 0 rings (SSSR count). The van der Waals surface area contributed by atoms with Crippen LogP contribution in [0.25, 0.3) is 0 Å². The second-order valence-electron chi connectivity index (χ2n) is 11.0. The van der Waals surface area contributed by atoms with E-state index < -0.39 is 0 Å². The van der Waals surface area contributed by atoms with Crippen molar-refractivity contribution in [3.63, 3.8) is 0 Å². The van der Waals surface area contributed by atoms with Gasteiger partial charge in [0.15, 0.2) is 0 Å². The first kappa shape index (κ1) is 31.7. The molecule has 0 N–H and O–H groups in total. The second-order valence-corrected chi connectivity index (χ2v) is 11.0. The third kappa shape index (κ3) is 29.7. The van der Waals surface area contributed by atoms with Crippen LogP contribution in [-0.2, 0) is 0 Å². The predicted molar refractivity (Wildman–Crippen MR) is 150 cm³/mol. The summed E-state index contributed by atoms with van der Waals surface area (Å²) in [6, 6.07) is 0. The molecule has 0 aliphatic heterocycles. The van der Waals surface area contributed by atoms with Crippen LogP contribution >= 0.6 is 0 Å². The molecule has 0 amide bonds. The zero-order chi connectivity index (χ0) is 23.4. The van der Waals surface area contributed by atoms with Gasteiger partial charge in [0.25, 0.3) is 0 Å². The highest BCUT2D eigenvalue weighted by atomic mass is 14.0. The molecule has 0 saturated carbocycles. The van der Waals surface area contributed by atoms with E-state index in [0.717, 1.165) is 5.92 Å². The van der Waals surface area contributed by atoms with Crippen molar-refractivity contribution in [2.45, 2.75) is 188 Å². The third-order valence-corrected chi connectivity index (χ3v) is 7.04. The van der Waals surface area contributed by atoms with Gasteiger partial charge in [0.05, 0.1) is 0 Å². The Kier molecular flexibility index (Phi) is 28.5. The molecule has 0 radical (unpaired) electrons. The van der Waals surface area contributed by atoms with Gasteiger partial charge in [-0.1, -0.05) is 174 Å². The minimum absolute atomic E-state index is 0.888. The smallest absolute Gasteiger partial charge is 0.0351 e. The number of rotatable bonds is 27. The van der Waals surface area contributed by atoms with Gasteiger partial charge in [0, 0.05) is 0 Å². The quantitative estimate of drug-likeness (QED) is 0.0865. The molecule has 0 heteroatoms. The molecular weight excluding hydrogens is 384 g/mol. The van der Waals surface area contributed by atoms with E-state index in [1.165, 1.54) is 167 Å². The highest BCUT2D eigenvalue weighted by Gasteiger charge is 1.96. The topological polar surface area (TPSA) is 0 Å². The van der Waals surface area contributed by atoms with Crippen molar-refractivity contribution < 1.29 is 0 Å². The van der Waals surface area contributed by atoms with Gasteiger partial charge >= 0.3 is 0 Å². The molecule has 0 aliphatic carbocycles. The van der Waals surface area contributed by atoms with E-state index in [-0.39, 0.29) is 0 Å². The van der Waals surface area contributed by atoms with Crippen molar-refractivity contribution in [1.29, 1.82) is 0 Å². The standard InChI is InChI=1S/C32H64/c1-4-5-6-7-8-9-10-11-12-13-14-15-16-17-18-19-20-21-22-23-24-25-26-27-28-29-30-31-32(2)3/h22-23,32H,4-21,24-31H2,1-3H3. The molecule has 0 fully saturated rings. The summed E-state index contributed by atoms with van der Waals surface area (Å²) in [6.45, 7) is 6.98. The first-order valence-corrected chi connectivity index (χ1v) is 15.4. The molecule has 0 aromatic rings. The molecule has 32 heavy (non-hydrogen) atoms. The lowest BCUT2D eigenvalue weighted by Gasteiger charge is -2.04. The lowest BCUT2D eigenvalue weighted by atomic mass is 10.0. The number of hydrogen-bond donors (Lipinski definition) is 0. The molecule has 0 bridgehead atoms. The average molecular weight is 449 g/mol. The fourth-order valence-electron chi connectivity index (χ4n) is 4.74. The zero-order valence-corrected chi connectivity index (χ0v) is 23.1. The first-order chi connectivity index (χ1) is 15.8. The Labute approximate surface area is 205 Å². The lowest BCUT2D eigenvalue weighted by molar-refractivity contribution is 0.512. The Morgan fingerprint density at radius 1 is 0.375 bits per heavy atom. The summed E-state index contributed by atoms with van der Waals surface area (Å²) >= 11 is 0. The Morgan fingerprint density at radius 2 is 0.656 bits per heavy atom. The van der Waals surface area contributed by atoms with Gasteiger partial charge in [-0.15, -0.1) is 0 Å². The number of hydrogen-bond acceptors (Lipinski definition) is 0. The van der Waals surface area contributed by atoms with Crippen molar-refractivity contribution >= 4 is 0 Å². The summed E-state index contributed by atoms with van der Waals surface area (Å²) in [6.07, 6.45) is 42.5. The van der Waals surface area contributed by atoms with Crippen LogP contribution < -0.4 is 0 Å². The minimum Gasteiger partial charge on any atom is -0.0885 e. The van der Waals surface area contributed by atoms with Gasteiger partial charge in [-0.05, 0) is 31.6 Å². The predicted octanol–water partition coefficient (Wildman–Crippen LogP) is 12.4. The molecule has 0 aromatic heterocycles. The largest absolute Gasteiger partial charge is 0.0885 e. The number of allylic oxidation sites excluding steroid dienone is 2. The van der Waals surface area contributed by atoms with E-state index in [0.29, 0.717) is 0 Å². The SMILES string of the molecule is CCCCCCCCCCCCCCCCCCCC=CCCCCCCCCC(C)C. The van der Waals surface area contributed by atoms with Crippen LogP contribution in [0.2, 0.25) is 0 Å². The Bertz CT molecular complexity index is 340. The van der Waals surface area contributed by atoms with E-state index in [9.17, 15) is 0 Å². The van der Waals surface area contributed by atoms with E-state index in [4.69, 9.17) is 0 Å². The van der Waals surface area contributed by atoms with Gasteiger partial charge in [0.2, 0.25) is 0 Å². The molecule has 0 spiro atoms. The van der Waals surface area contributed by atoms with E-state index in [1.54, 1.807) is 0 Å². The zero-order valence-electron chi connectivity index (χ0n) is 23.1. The fourth-order valence-corrected chi connectivity index (χ4v) is 4.74. The summed E-state index contributed by atoms with van der Waals surface area (Å²) in [4.78, 5) is 0. The summed E-state index contributed by atoms with van der Waals surface area (Å²) in [5.74, 6) is 0.888. The minimum atomic E-state index is 0.888. The molecule has 0 aliphatic rings. The van der Waals surface area contributed by atoms with Crippen molar-refractivity contribution in [1.82, 2.24) is 0 Å². The van der Waals surface area contributed by atoms with Gasteiger partial charge in [-0.3, -0.25) is 0 Å². The highest BCUT2D eigenvalue weighted by molar-refractivity contribution is 4.81. The summed E-state index contributed by atoms with van der Waals surface area (Å²) < 4.78 is 0. The lowest BCUT2D eigenvalue weighted by Crippen LogP contribution is -1.87. The maximum absolute atomic E-state index is 2.45. The summed E-state index contributed by atoms with van der Waals surface area (Å²) in [5.41, 5.74) is 0. The average Bonchev–Trinajstić information content (AvgIpc) is 2.78. The first-order valence-electron chi connectivity index (χ1n) is 15.4. The van der Waals surface area contributed by atoms with Crippen LogP contribution in [0.3, 0.4) is 0 Å². The molecule has 0 unspecified atom stereocenters. The van der Waals surface area contributed by atoms with Crippen LogP contribution in [0.15, 0.2) is 12.2 Å². The van der Waals surface area contributed by atoms with Gasteiger partial charge in [0.1, 0.15) is 0 Å². The van der Waals surface area contributed by atoms with Gasteiger partial charge in [-0.25, -0.2) is 0 Å². The molecular formula is C32H64. The van der Waals surface area contributed by atoms with Crippen molar-refractivity contribution in [3.8, 4) is 0 Å². The highest BCUT2D eigenvalue weighted by Crippen LogP contribution is 2.15. The molecule has 0 heterocycles. The van der Waals surface area contributed by atoms with Crippen LogP contribution in [-0.4, -0.2) is 0 Å². The van der Waals surface area contributed by atoms with Crippen molar-refractivity contribution in [2.24, 2.45) is 5.92 Å². The Morgan fingerprint density at radius 3 is 0.969 bits per heavy atom. The van der Waals surface area contributed by atoms with Crippen LogP contribution in [0.4, 0.5) is 0 Å². The van der Waals surface area contributed by atoms with Gasteiger partial charge in [-0.2, -0.15) is 0 Å². The van der Waals surface area contributed by atoms with Crippen LogP contribution in [0.5, 0.6) is 0 Å². The fraction of sp³-hybridized carbons (Fsp3) is 0.938. The molecule has 0 saturated heterocycles. The number of unbranched alkanes of at least 4 members (excludes halogenated alkanes) is 23. The van der Waals surface area contributed by atoms with Gasteiger partial charge < -0.3 is 0 Å². The maximum atomic E-state index is 2.45. The normalized spacial score (nSPS) is 11.9. The molecule has 0 aromatic carbocycles. The summed E-state index contributed by atoms with van der Waals surface area (Å²) in [7, 11) is 0. The maximum Gasteiger partial charge on any atom is -0.0351 e. The molecule has 192 valence electrons. The van der Waals surface area contributed by atoms with Crippen LogP contribution in [0, 0.1) is 5.92 Å². The van der Waals surface area contributed by atoms with E-state index >= 15 is 0 Å². The second kappa shape index (κ2) is 28.8. The molecule has 0 nitrogen and oxygen atoms in total. The van der Waals surface area contributed by atoms with Crippen LogP contribution in [0.1, 0.15) is 188 Å². The molecule has 0 atom stereocenters. The van der Waals surface area contributed by atoms with Crippen molar-refractivity contribution in [2.75, 3.05) is 0 Å². The monoisotopic (exact) mass is 449 g/mol. The Balaban J connectivity index is 3.07.